The summed E-state index contributed by atoms with van der Waals surface area (Å²) in [6, 6.07) is 5.82. The predicted octanol–water partition coefficient (Wildman–Crippen LogP) is 3.38. The monoisotopic (exact) mass is 407 g/mol. The molecule has 3 aromatic heterocycles. The van der Waals surface area contributed by atoms with Crippen molar-refractivity contribution >= 4 is 5.82 Å². The van der Waals surface area contributed by atoms with E-state index in [9.17, 15) is 5.11 Å². The minimum atomic E-state index is 0.0560. The van der Waals surface area contributed by atoms with Crippen LogP contribution in [0, 0.1) is 0 Å². The number of hydrogen-bond acceptors (Lipinski definition) is 7. The van der Waals surface area contributed by atoms with Gasteiger partial charge in [-0.2, -0.15) is 5.10 Å². The second-order valence-corrected chi connectivity index (χ2v) is 9.42. The number of aromatic nitrogens is 5. The first-order valence-electron chi connectivity index (χ1n) is 10.2. The normalized spacial score (nSPS) is 18.3. The summed E-state index contributed by atoms with van der Waals surface area (Å²) < 4.78 is 0. The fraction of sp³-hybridized carbons (Fsp3) is 0.455. The average Bonchev–Trinajstić information content (AvgIpc) is 3.20. The molecule has 8 nitrogen and oxygen atoms in total. The van der Waals surface area contributed by atoms with Crippen molar-refractivity contribution in [2.75, 3.05) is 11.9 Å². The molecule has 1 aliphatic heterocycles. The first kappa shape index (κ1) is 20.3. The molecule has 0 spiro atoms. The van der Waals surface area contributed by atoms with Gasteiger partial charge >= 0.3 is 0 Å². The van der Waals surface area contributed by atoms with E-state index in [1.807, 2.05) is 12.1 Å². The highest BCUT2D eigenvalue weighted by Gasteiger charge is 2.39. The molecule has 0 unspecified atom stereocenters. The molecule has 3 N–H and O–H groups in total. The molecule has 0 aromatic carbocycles. The Morgan fingerprint density at radius 3 is 2.33 bits per heavy atom. The molecule has 0 radical (unpaired) electrons. The molecular formula is C22H29N7O. The summed E-state index contributed by atoms with van der Waals surface area (Å²) in [6.07, 6.45) is 7.18. The number of aromatic amines is 1. The highest BCUT2D eigenvalue weighted by atomic mass is 16.3. The molecule has 4 rings (SSSR count). The van der Waals surface area contributed by atoms with E-state index in [-0.39, 0.29) is 16.8 Å². The lowest BCUT2D eigenvalue weighted by atomic mass is 9.79. The number of rotatable bonds is 4. The Morgan fingerprint density at radius 1 is 1.03 bits per heavy atom. The summed E-state index contributed by atoms with van der Waals surface area (Å²) in [4.78, 5) is 6.60. The molecule has 158 valence electrons. The van der Waals surface area contributed by atoms with Gasteiger partial charge in [0.05, 0.1) is 6.20 Å². The highest BCUT2D eigenvalue weighted by Crippen LogP contribution is 2.33. The van der Waals surface area contributed by atoms with Crippen LogP contribution in [0.2, 0.25) is 0 Å². The van der Waals surface area contributed by atoms with E-state index in [2.05, 4.69) is 70.3 Å². The van der Waals surface area contributed by atoms with Gasteiger partial charge in [-0.25, -0.2) is 4.98 Å². The third kappa shape index (κ3) is 4.14. The molecule has 0 atom stereocenters. The molecule has 0 saturated carbocycles. The zero-order valence-corrected chi connectivity index (χ0v) is 18.1. The van der Waals surface area contributed by atoms with Gasteiger partial charge < -0.3 is 15.3 Å². The lowest BCUT2D eigenvalue weighted by molar-refractivity contribution is 0.160. The molecule has 1 fully saturated rings. The van der Waals surface area contributed by atoms with Gasteiger partial charge in [-0.15, -0.1) is 10.2 Å². The summed E-state index contributed by atoms with van der Waals surface area (Å²) in [5.41, 5.74) is 2.70. The highest BCUT2D eigenvalue weighted by molar-refractivity contribution is 5.69. The van der Waals surface area contributed by atoms with Gasteiger partial charge in [0.25, 0.3) is 0 Å². The lowest BCUT2D eigenvalue weighted by Gasteiger charge is -2.49. The van der Waals surface area contributed by atoms with Gasteiger partial charge in [0, 0.05) is 47.7 Å². The van der Waals surface area contributed by atoms with E-state index in [0.29, 0.717) is 17.4 Å². The molecule has 30 heavy (non-hydrogen) atoms. The Morgan fingerprint density at radius 2 is 1.77 bits per heavy atom. The zero-order chi connectivity index (χ0) is 21.5. The van der Waals surface area contributed by atoms with Crippen molar-refractivity contribution in [1.29, 1.82) is 0 Å². The van der Waals surface area contributed by atoms with Gasteiger partial charge in [0.1, 0.15) is 17.1 Å². The number of H-pyrrole nitrogens is 1. The number of nitrogens with one attached hydrogen (secondary N) is 2. The van der Waals surface area contributed by atoms with E-state index >= 15 is 0 Å². The van der Waals surface area contributed by atoms with Crippen molar-refractivity contribution in [1.82, 2.24) is 30.7 Å². The first-order valence-corrected chi connectivity index (χ1v) is 10.2. The number of piperidine rings is 1. The summed E-state index contributed by atoms with van der Waals surface area (Å²) >= 11 is 0. The molecule has 1 saturated heterocycles. The Bertz CT molecular complexity index is 996. The van der Waals surface area contributed by atoms with Crippen molar-refractivity contribution in [3.05, 3.63) is 36.8 Å². The van der Waals surface area contributed by atoms with Crippen molar-refractivity contribution < 1.29 is 5.11 Å². The molecule has 0 aliphatic carbocycles. The maximum Gasteiger partial charge on any atom is 0.151 e. The minimum absolute atomic E-state index is 0.0560. The molecule has 3 aromatic rings. The van der Waals surface area contributed by atoms with E-state index < -0.39 is 0 Å². The smallest absolute Gasteiger partial charge is 0.151 e. The second-order valence-electron chi connectivity index (χ2n) is 9.42. The average molecular weight is 408 g/mol. The molecule has 0 bridgehead atoms. The van der Waals surface area contributed by atoms with Crippen LogP contribution in [0.4, 0.5) is 5.82 Å². The van der Waals surface area contributed by atoms with Gasteiger partial charge in [0.15, 0.2) is 5.82 Å². The van der Waals surface area contributed by atoms with Crippen LogP contribution in [0.3, 0.4) is 0 Å². The van der Waals surface area contributed by atoms with E-state index in [0.717, 1.165) is 29.8 Å². The Hall–Kier alpha value is -3.00. The standard InChI is InChI=1S/C22H29N7O/c1-21(2)9-16(10-22(3,4)28-21)29(5)19-7-6-17(26-27-19)20-18(30)8-14(11-23-20)15-12-24-25-13-15/h6-8,11-13,16,28,30H,9-10H2,1-5H3,(H,24,25). The van der Waals surface area contributed by atoms with Gasteiger partial charge in [-0.1, -0.05) is 0 Å². The summed E-state index contributed by atoms with van der Waals surface area (Å²) in [5.74, 6) is 0.873. The van der Waals surface area contributed by atoms with E-state index in [1.54, 1.807) is 24.7 Å². The van der Waals surface area contributed by atoms with Crippen LogP contribution in [0.25, 0.3) is 22.5 Å². The van der Waals surface area contributed by atoms with E-state index in [4.69, 9.17) is 0 Å². The third-order valence-electron chi connectivity index (χ3n) is 5.67. The molecule has 4 heterocycles. The lowest BCUT2D eigenvalue weighted by Crippen LogP contribution is -2.62. The number of anilines is 1. The zero-order valence-electron chi connectivity index (χ0n) is 18.1. The SMILES string of the molecule is CN(c1ccc(-c2ncc(-c3cn[nH]c3)cc2O)nn1)C1CC(C)(C)NC(C)(C)C1. The first-order chi connectivity index (χ1) is 14.1. The van der Waals surface area contributed by atoms with Gasteiger partial charge in [-0.3, -0.25) is 5.10 Å². The van der Waals surface area contributed by atoms with Crippen molar-refractivity contribution in [3.63, 3.8) is 0 Å². The van der Waals surface area contributed by atoms with Crippen molar-refractivity contribution in [3.8, 4) is 28.3 Å². The third-order valence-corrected chi connectivity index (χ3v) is 5.67. The predicted molar refractivity (Wildman–Crippen MR) is 117 cm³/mol. The maximum absolute atomic E-state index is 10.5. The molecular weight excluding hydrogens is 378 g/mol. The van der Waals surface area contributed by atoms with Crippen LogP contribution < -0.4 is 10.2 Å². The van der Waals surface area contributed by atoms with E-state index in [1.165, 1.54) is 0 Å². The summed E-state index contributed by atoms with van der Waals surface area (Å²) in [6.45, 7) is 8.96. The maximum atomic E-state index is 10.5. The molecule has 8 heteroatoms. The van der Waals surface area contributed by atoms with Gasteiger partial charge in [-0.05, 0) is 58.7 Å². The summed E-state index contributed by atoms with van der Waals surface area (Å²) in [7, 11) is 2.07. The fourth-order valence-corrected chi connectivity index (χ4v) is 4.59. The second kappa shape index (κ2) is 7.36. The fourth-order valence-electron chi connectivity index (χ4n) is 4.59. The van der Waals surface area contributed by atoms with Crippen LogP contribution >= 0.6 is 0 Å². The number of nitrogens with zero attached hydrogens (tertiary/aromatic N) is 5. The number of hydrogen-bond donors (Lipinski definition) is 3. The number of pyridine rings is 1. The van der Waals surface area contributed by atoms with Crippen molar-refractivity contribution in [2.24, 2.45) is 0 Å². The van der Waals surface area contributed by atoms with Crippen LogP contribution in [-0.4, -0.2) is 54.7 Å². The summed E-state index contributed by atoms with van der Waals surface area (Å²) in [5, 5.41) is 29.6. The number of aromatic hydroxyl groups is 1. The minimum Gasteiger partial charge on any atom is -0.506 e. The topological polar surface area (TPSA) is 103 Å². The van der Waals surface area contributed by atoms with Crippen molar-refractivity contribution in [2.45, 2.75) is 57.7 Å². The Kier molecular flexibility index (Phi) is 4.97. The quantitative estimate of drug-likeness (QED) is 0.609. The van der Waals surface area contributed by atoms with Crippen LogP contribution in [0.1, 0.15) is 40.5 Å². The molecule has 0 amide bonds. The van der Waals surface area contributed by atoms with Crippen LogP contribution in [0.15, 0.2) is 36.8 Å². The molecule has 1 aliphatic rings. The van der Waals surface area contributed by atoms with Crippen LogP contribution in [0.5, 0.6) is 5.75 Å². The Labute approximate surface area is 176 Å². The van der Waals surface area contributed by atoms with Gasteiger partial charge in [0.2, 0.25) is 0 Å². The largest absolute Gasteiger partial charge is 0.506 e. The van der Waals surface area contributed by atoms with Crippen LogP contribution in [-0.2, 0) is 0 Å². The Balaban J connectivity index is 1.54.